The topological polar surface area (TPSA) is 49.5 Å². The normalized spacial score (nSPS) is 25.4. The van der Waals surface area contributed by atoms with Crippen LogP contribution in [0.3, 0.4) is 0 Å². The van der Waals surface area contributed by atoms with Crippen LogP contribution in [0, 0.1) is 12.7 Å². The van der Waals surface area contributed by atoms with E-state index < -0.39 is 5.60 Å². The van der Waals surface area contributed by atoms with Crippen LogP contribution in [0.2, 0.25) is 0 Å². The van der Waals surface area contributed by atoms with Gasteiger partial charge in [0, 0.05) is 24.8 Å². The van der Waals surface area contributed by atoms with Crippen LogP contribution in [0.4, 0.5) is 10.1 Å². The third-order valence-electron chi connectivity index (χ3n) is 4.20. The molecular weight excluding hydrogens is 255 g/mol. The molecule has 3 nitrogen and oxygen atoms in total. The SMILES string of the molecule is Cc1cc(N2CCCC(C)(O)CC2)c([C@@H](C)N)cc1F. The zero-order valence-electron chi connectivity index (χ0n) is 12.6. The molecule has 1 saturated heterocycles. The average Bonchev–Trinajstić information content (AvgIpc) is 2.53. The summed E-state index contributed by atoms with van der Waals surface area (Å²) in [6.07, 6.45) is 2.46. The summed E-state index contributed by atoms with van der Waals surface area (Å²) in [6.45, 7) is 7.19. The van der Waals surface area contributed by atoms with Gasteiger partial charge in [0.2, 0.25) is 0 Å². The first kappa shape index (κ1) is 15.3. The molecule has 1 unspecified atom stereocenters. The highest BCUT2D eigenvalue weighted by molar-refractivity contribution is 5.57. The van der Waals surface area contributed by atoms with Crippen LogP contribution in [0.15, 0.2) is 12.1 Å². The second-order valence-corrected chi connectivity index (χ2v) is 6.29. The lowest BCUT2D eigenvalue weighted by Gasteiger charge is -2.28. The average molecular weight is 280 g/mol. The molecule has 1 aromatic rings. The fraction of sp³-hybridized carbons (Fsp3) is 0.625. The second kappa shape index (κ2) is 5.70. The summed E-state index contributed by atoms with van der Waals surface area (Å²) in [5, 5.41) is 10.2. The van der Waals surface area contributed by atoms with Crippen molar-refractivity contribution in [1.29, 1.82) is 0 Å². The highest BCUT2D eigenvalue weighted by Crippen LogP contribution is 2.31. The molecule has 1 fully saturated rings. The molecule has 112 valence electrons. The van der Waals surface area contributed by atoms with Crippen molar-refractivity contribution in [3.05, 3.63) is 29.1 Å². The lowest BCUT2D eigenvalue weighted by atomic mass is 9.98. The van der Waals surface area contributed by atoms with E-state index in [9.17, 15) is 9.50 Å². The number of aliphatic hydroxyl groups is 1. The third kappa shape index (κ3) is 3.30. The summed E-state index contributed by atoms with van der Waals surface area (Å²) < 4.78 is 13.8. The van der Waals surface area contributed by atoms with Gasteiger partial charge in [-0.05, 0) is 63.3 Å². The van der Waals surface area contributed by atoms with E-state index in [-0.39, 0.29) is 11.9 Å². The number of hydrogen-bond acceptors (Lipinski definition) is 3. The number of benzene rings is 1. The maximum absolute atomic E-state index is 13.8. The number of anilines is 1. The molecule has 0 spiro atoms. The first-order valence-electron chi connectivity index (χ1n) is 7.33. The number of halogens is 1. The molecule has 0 saturated carbocycles. The predicted octanol–water partition coefficient (Wildman–Crippen LogP) is 2.90. The molecule has 20 heavy (non-hydrogen) atoms. The van der Waals surface area contributed by atoms with E-state index in [0.29, 0.717) is 5.56 Å². The Morgan fingerprint density at radius 1 is 1.35 bits per heavy atom. The van der Waals surface area contributed by atoms with Crippen LogP contribution >= 0.6 is 0 Å². The maximum atomic E-state index is 13.8. The van der Waals surface area contributed by atoms with Crippen molar-refractivity contribution >= 4 is 5.69 Å². The highest BCUT2D eigenvalue weighted by Gasteiger charge is 2.26. The predicted molar refractivity (Wildman–Crippen MR) is 80.4 cm³/mol. The lowest BCUT2D eigenvalue weighted by molar-refractivity contribution is 0.0481. The first-order valence-corrected chi connectivity index (χ1v) is 7.33. The van der Waals surface area contributed by atoms with Crippen molar-refractivity contribution in [3.8, 4) is 0 Å². The Bertz CT molecular complexity index is 486. The van der Waals surface area contributed by atoms with Crippen molar-refractivity contribution in [3.63, 3.8) is 0 Å². The molecule has 0 amide bonds. The Balaban J connectivity index is 2.34. The van der Waals surface area contributed by atoms with Gasteiger partial charge >= 0.3 is 0 Å². The molecule has 1 aliphatic rings. The molecule has 0 radical (unpaired) electrons. The van der Waals surface area contributed by atoms with Crippen LogP contribution in [0.5, 0.6) is 0 Å². The fourth-order valence-electron chi connectivity index (χ4n) is 2.82. The third-order valence-corrected chi connectivity index (χ3v) is 4.20. The monoisotopic (exact) mass is 280 g/mol. The molecular formula is C16H25FN2O. The molecule has 2 rings (SSSR count). The summed E-state index contributed by atoms with van der Waals surface area (Å²) in [7, 11) is 0. The Hall–Kier alpha value is -1.13. The summed E-state index contributed by atoms with van der Waals surface area (Å²) in [5.41, 5.74) is 7.88. The molecule has 0 bridgehead atoms. The molecule has 1 aliphatic heterocycles. The second-order valence-electron chi connectivity index (χ2n) is 6.29. The fourth-order valence-corrected chi connectivity index (χ4v) is 2.82. The largest absolute Gasteiger partial charge is 0.390 e. The molecule has 0 aliphatic carbocycles. The number of nitrogens with zero attached hydrogens (tertiary/aromatic N) is 1. The molecule has 1 heterocycles. The first-order chi connectivity index (χ1) is 9.30. The molecule has 2 atom stereocenters. The Morgan fingerprint density at radius 2 is 2.05 bits per heavy atom. The van der Waals surface area contributed by atoms with E-state index in [2.05, 4.69) is 4.90 Å². The zero-order valence-corrected chi connectivity index (χ0v) is 12.6. The van der Waals surface area contributed by atoms with Crippen LogP contribution in [0.1, 0.15) is 50.3 Å². The number of aryl methyl sites for hydroxylation is 1. The van der Waals surface area contributed by atoms with E-state index in [1.165, 1.54) is 0 Å². The minimum Gasteiger partial charge on any atom is -0.390 e. The number of nitrogens with two attached hydrogens (primary N) is 1. The maximum Gasteiger partial charge on any atom is 0.126 e. The quantitative estimate of drug-likeness (QED) is 0.875. The number of rotatable bonds is 2. The lowest BCUT2D eigenvalue weighted by Crippen LogP contribution is -2.29. The van der Waals surface area contributed by atoms with Gasteiger partial charge < -0.3 is 15.7 Å². The minimum absolute atomic E-state index is 0.205. The van der Waals surface area contributed by atoms with E-state index in [1.54, 1.807) is 13.0 Å². The summed E-state index contributed by atoms with van der Waals surface area (Å²) in [4.78, 5) is 2.23. The van der Waals surface area contributed by atoms with Crippen molar-refractivity contribution in [2.75, 3.05) is 18.0 Å². The van der Waals surface area contributed by atoms with Gasteiger partial charge in [0.05, 0.1) is 5.60 Å². The van der Waals surface area contributed by atoms with Gasteiger partial charge in [-0.1, -0.05) is 0 Å². The van der Waals surface area contributed by atoms with Gasteiger partial charge in [0.15, 0.2) is 0 Å². The molecule has 3 N–H and O–H groups in total. The molecule has 1 aromatic carbocycles. The van der Waals surface area contributed by atoms with Crippen LogP contribution < -0.4 is 10.6 Å². The van der Waals surface area contributed by atoms with Crippen LogP contribution in [0.25, 0.3) is 0 Å². The molecule has 0 aromatic heterocycles. The summed E-state index contributed by atoms with van der Waals surface area (Å²) >= 11 is 0. The van der Waals surface area contributed by atoms with E-state index in [0.717, 1.165) is 43.6 Å². The van der Waals surface area contributed by atoms with Gasteiger partial charge in [0.1, 0.15) is 5.82 Å². The Kier molecular flexibility index (Phi) is 4.35. The van der Waals surface area contributed by atoms with Gasteiger partial charge in [-0.15, -0.1) is 0 Å². The minimum atomic E-state index is -0.599. The van der Waals surface area contributed by atoms with Crippen molar-refractivity contribution in [2.24, 2.45) is 5.73 Å². The van der Waals surface area contributed by atoms with Gasteiger partial charge in [0.25, 0.3) is 0 Å². The van der Waals surface area contributed by atoms with Crippen molar-refractivity contribution in [2.45, 2.75) is 51.7 Å². The highest BCUT2D eigenvalue weighted by atomic mass is 19.1. The number of hydrogen-bond donors (Lipinski definition) is 2. The Morgan fingerprint density at radius 3 is 2.70 bits per heavy atom. The van der Waals surface area contributed by atoms with E-state index in [1.807, 2.05) is 19.9 Å². The molecule has 4 heteroatoms. The van der Waals surface area contributed by atoms with Crippen LogP contribution in [-0.2, 0) is 0 Å². The Labute approximate surface area is 120 Å². The summed E-state index contributed by atoms with van der Waals surface area (Å²) in [5.74, 6) is -0.206. The van der Waals surface area contributed by atoms with Crippen LogP contribution in [-0.4, -0.2) is 23.8 Å². The van der Waals surface area contributed by atoms with Gasteiger partial charge in [-0.25, -0.2) is 4.39 Å². The van der Waals surface area contributed by atoms with E-state index in [4.69, 9.17) is 5.73 Å². The standard InChI is InChI=1S/C16H25FN2O/c1-11-9-15(13(12(2)18)10-14(11)17)19-7-4-5-16(3,20)6-8-19/h9-10,12,20H,4-8,18H2,1-3H3/t12-,16?/m1/s1. The van der Waals surface area contributed by atoms with E-state index >= 15 is 0 Å². The van der Waals surface area contributed by atoms with Crippen molar-refractivity contribution < 1.29 is 9.50 Å². The van der Waals surface area contributed by atoms with Gasteiger partial charge in [-0.2, -0.15) is 0 Å². The summed E-state index contributed by atoms with van der Waals surface area (Å²) in [6, 6.07) is 3.23. The smallest absolute Gasteiger partial charge is 0.126 e. The van der Waals surface area contributed by atoms with Gasteiger partial charge in [-0.3, -0.25) is 0 Å². The zero-order chi connectivity index (χ0) is 14.9. The van der Waals surface area contributed by atoms with Crippen molar-refractivity contribution in [1.82, 2.24) is 0 Å².